The normalized spacial score (nSPS) is 11.0. The molecule has 4 rings (SSSR count). The quantitative estimate of drug-likeness (QED) is 0.597. The minimum atomic E-state index is -0.306. The van der Waals surface area contributed by atoms with Crippen molar-refractivity contribution in [3.63, 3.8) is 0 Å². The molecule has 0 aliphatic rings. The van der Waals surface area contributed by atoms with E-state index >= 15 is 0 Å². The lowest BCUT2D eigenvalue weighted by atomic mass is 10.0. The molecular formula is C19H15FN4O. The average molecular weight is 334 g/mol. The van der Waals surface area contributed by atoms with Gasteiger partial charge >= 0.3 is 0 Å². The van der Waals surface area contributed by atoms with Crippen LogP contribution in [0.4, 0.5) is 4.39 Å². The van der Waals surface area contributed by atoms with E-state index in [9.17, 15) is 4.39 Å². The van der Waals surface area contributed by atoms with Gasteiger partial charge in [0, 0.05) is 11.1 Å². The maximum absolute atomic E-state index is 13.0. The molecule has 0 bridgehead atoms. The van der Waals surface area contributed by atoms with Gasteiger partial charge in [0.1, 0.15) is 11.5 Å². The summed E-state index contributed by atoms with van der Waals surface area (Å²) in [5.74, 6) is 0.429. The van der Waals surface area contributed by atoms with Crippen LogP contribution in [0.25, 0.3) is 34.2 Å². The molecular weight excluding hydrogens is 319 g/mol. The summed E-state index contributed by atoms with van der Waals surface area (Å²) in [7, 11) is 0. The number of nitrogens with zero attached hydrogens (tertiary/aromatic N) is 3. The predicted molar refractivity (Wildman–Crippen MR) is 92.2 cm³/mol. The molecule has 0 spiro atoms. The number of aromatic nitrogens is 4. The Bertz CT molecular complexity index is 1030. The highest BCUT2D eigenvalue weighted by molar-refractivity contribution is 5.66. The first kappa shape index (κ1) is 15.3. The van der Waals surface area contributed by atoms with Crippen molar-refractivity contribution >= 4 is 0 Å². The van der Waals surface area contributed by atoms with Gasteiger partial charge in [-0.1, -0.05) is 17.3 Å². The molecule has 2 aromatic carbocycles. The number of aryl methyl sites for hydroxylation is 2. The van der Waals surface area contributed by atoms with E-state index in [4.69, 9.17) is 4.52 Å². The molecule has 2 heterocycles. The largest absolute Gasteiger partial charge is 0.332 e. The van der Waals surface area contributed by atoms with Crippen molar-refractivity contribution in [1.29, 1.82) is 0 Å². The zero-order valence-electron chi connectivity index (χ0n) is 13.7. The van der Waals surface area contributed by atoms with E-state index in [2.05, 4.69) is 46.3 Å². The fourth-order valence-electron chi connectivity index (χ4n) is 2.53. The Hall–Kier alpha value is -3.28. The number of halogens is 1. The molecule has 25 heavy (non-hydrogen) atoms. The summed E-state index contributed by atoms with van der Waals surface area (Å²) in [5.41, 5.74) is 5.58. The van der Waals surface area contributed by atoms with Gasteiger partial charge in [0.2, 0.25) is 5.82 Å². The van der Waals surface area contributed by atoms with Crippen molar-refractivity contribution in [2.24, 2.45) is 0 Å². The summed E-state index contributed by atoms with van der Waals surface area (Å²) in [6, 6.07) is 14.0. The maximum atomic E-state index is 13.0. The highest BCUT2D eigenvalue weighted by atomic mass is 19.1. The van der Waals surface area contributed by atoms with E-state index < -0.39 is 0 Å². The van der Waals surface area contributed by atoms with E-state index in [0.29, 0.717) is 23.0 Å². The van der Waals surface area contributed by atoms with Gasteiger partial charge in [-0.25, -0.2) is 4.39 Å². The first-order chi connectivity index (χ1) is 12.1. The van der Waals surface area contributed by atoms with Crippen LogP contribution in [-0.4, -0.2) is 20.3 Å². The van der Waals surface area contributed by atoms with E-state index in [1.807, 2.05) is 12.1 Å². The topological polar surface area (TPSA) is 67.6 Å². The summed E-state index contributed by atoms with van der Waals surface area (Å²) >= 11 is 0. The third-order valence-corrected chi connectivity index (χ3v) is 4.14. The fourth-order valence-corrected chi connectivity index (χ4v) is 2.53. The van der Waals surface area contributed by atoms with Crippen LogP contribution in [0.5, 0.6) is 0 Å². The molecule has 5 nitrogen and oxygen atoms in total. The summed E-state index contributed by atoms with van der Waals surface area (Å²) in [4.78, 5) is 4.35. The van der Waals surface area contributed by atoms with Gasteiger partial charge in [-0.15, -0.1) is 0 Å². The summed E-state index contributed by atoms with van der Waals surface area (Å²) in [6.07, 6.45) is 0. The fraction of sp³-hybridized carbons (Fsp3) is 0.105. The molecule has 0 radical (unpaired) electrons. The third kappa shape index (κ3) is 2.94. The second-order valence-corrected chi connectivity index (χ2v) is 5.90. The Morgan fingerprint density at radius 2 is 1.68 bits per heavy atom. The molecule has 0 unspecified atom stereocenters. The molecule has 0 fully saturated rings. The molecule has 0 atom stereocenters. The maximum Gasteiger partial charge on any atom is 0.276 e. The molecule has 0 saturated carbocycles. The molecule has 124 valence electrons. The van der Waals surface area contributed by atoms with Crippen LogP contribution in [-0.2, 0) is 0 Å². The molecule has 0 amide bonds. The SMILES string of the molecule is Cc1ccc(-c2cc(-c3nc(-c4ccc(F)cc4)no3)[nH]n2)cc1C. The van der Waals surface area contributed by atoms with E-state index in [0.717, 1.165) is 11.3 Å². The monoisotopic (exact) mass is 334 g/mol. The van der Waals surface area contributed by atoms with Gasteiger partial charge in [0.25, 0.3) is 5.89 Å². The zero-order chi connectivity index (χ0) is 17.4. The highest BCUT2D eigenvalue weighted by Gasteiger charge is 2.14. The Labute approximate surface area is 143 Å². The van der Waals surface area contributed by atoms with Crippen LogP contribution >= 0.6 is 0 Å². The van der Waals surface area contributed by atoms with E-state index in [-0.39, 0.29) is 5.82 Å². The second kappa shape index (κ2) is 5.98. The Balaban J connectivity index is 1.64. The minimum Gasteiger partial charge on any atom is -0.332 e. The lowest BCUT2D eigenvalue weighted by Crippen LogP contribution is -1.83. The number of aromatic amines is 1. The third-order valence-electron chi connectivity index (χ3n) is 4.14. The lowest BCUT2D eigenvalue weighted by Gasteiger charge is -2.01. The van der Waals surface area contributed by atoms with Crippen molar-refractivity contribution in [3.05, 3.63) is 65.5 Å². The first-order valence-corrected chi connectivity index (χ1v) is 7.83. The van der Waals surface area contributed by atoms with Crippen LogP contribution in [0.15, 0.2) is 53.1 Å². The number of rotatable bonds is 3. The molecule has 1 N–H and O–H groups in total. The highest BCUT2D eigenvalue weighted by Crippen LogP contribution is 2.26. The van der Waals surface area contributed by atoms with Crippen LogP contribution in [0, 0.1) is 19.7 Å². The summed E-state index contributed by atoms with van der Waals surface area (Å²) < 4.78 is 18.3. The van der Waals surface area contributed by atoms with Gasteiger partial charge in [0.15, 0.2) is 0 Å². The lowest BCUT2D eigenvalue weighted by molar-refractivity contribution is 0.431. The molecule has 6 heteroatoms. The van der Waals surface area contributed by atoms with Crippen molar-refractivity contribution < 1.29 is 8.91 Å². The van der Waals surface area contributed by atoms with Gasteiger partial charge in [-0.3, -0.25) is 5.10 Å². The summed E-state index contributed by atoms with van der Waals surface area (Å²) in [6.45, 7) is 4.14. The number of hydrogen-bond acceptors (Lipinski definition) is 4. The van der Waals surface area contributed by atoms with Gasteiger partial charge in [-0.05, 0) is 61.4 Å². The number of nitrogens with one attached hydrogen (secondary N) is 1. The van der Waals surface area contributed by atoms with Crippen molar-refractivity contribution in [2.75, 3.05) is 0 Å². The van der Waals surface area contributed by atoms with Crippen LogP contribution in [0.1, 0.15) is 11.1 Å². The Morgan fingerprint density at radius 3 is 2.44 bits per heavy atom. The molecule has 0 aliphatic carbocycles. The smallest absolute Gasteiger partial charge is 0.276 e. The minimum absolute atomic E-state index is 0.306. The Kier molecular flexibility index (Phi) is 3.65. The second-order valence-electron chi connectivity index (χ2n) is 5.90. The van der Waals surface area contributed by atoms with Crippen LogP contribution in [0.3, 0.4) is 0 Å². The average Bonchev–Trinajstić information content (AvgIpc) is 3.27. The van der Waals surface area contributed by atoms with Crippen molar-refractivity contribution in [1.82, 2.24) is 20.3 Å². The van der Waals surface area contributed by atoms with Crippen LogP contribution < -0.4 is 0 Å². The van der Waals surface area contributed by atoms with Crippen LogP contribution in [0.2, 0.25) is 0 Å². The molecule has 0 saturated heterocycles. The van der Waals surface area contributed by atoms with E-state index in [1.165, 1.54) is 23.3 Å². The first-order valence-electron chi connectivity index (χ1n) is 7.83. The van der Waals surface area contributed by atoms with Crippen molar-refractivity contribution in [2.45, 2.75) is 13.8 Å². The number of hydrogen-bond donors (Lipinski definition) is 1. The molecule has 4 aromatic rings. The zero-order valence-corrected chi connectivity index (χ0v) is 13.7. The van der Waals surface area contributed by atoms with Gasteiger partial charge in [-0.2, -0.15) is 10.1 Å². The van der Waals surface area contributed by atoms with E-state index in [1.54, 1.807) is 12.1 Å². The van der Waals surface area contributed by atoms with Gasteiger partial charge < -0.3 is 4.52 Å². The number of benzene rings is 2. The molecule has 0 aliphatic heterocycles. The number of H-pyrrole nitrogens is 1. The predicted octanol–water partition coefficient (Wildman–Crippen LogP) is 4.55. The summed E-state index contributed by atoms with van der Waals surface area (Å²) in [5, 5.41) is 11.2. The Morgan fingerprint density at radius 1 is 0.920 bits per heavy atom. The van der Waals surface area contributed by atoms with Crippen molar-refractivity contribution in [3.8, 4) is 34.2 Å². The molecule has 2 aromatic heterocycles. The standard InChI is InChI=1S/C19H15FN4O/c1-11-3-4-14(9-12(11)2)16-10-17(23-22-16)19-21-18(24-25-19)13-5-7-15(20)8-6-13/h3-10H,1-2H3,(H,22,23). The van der Waals surface area contributed by atoms with Gasteiger partial charge in [0.05, 0.1) is 5.69 Å².